The van der Waals surface area contributed by atoms with Crippen LogP contribution in [0.15, 0.2) is 58.3 Å². The normalized spacial score (nSPS) is 9.70. The molecule has 0 radical (unpaired) electrons. The van der Waals surface area contributed by atoms with Crippen molar-refractivity contribution in [1.82, 2.24) is 4.90 Å². The van der Waals surface area contributed by atoms with Crippen LogP contribution in [0, 0.1) is 22.7 Å². The molecule has 0 unspecified atom stereocenters. The molecule has 114 valence electrons. The van der Waals surface area contributed by atoms with E-state index in [1.54, 1.807) is 24.1 Å². The molecule has 0 aromatic heterocycles. The van der Waals surface area contributed by atoms with Gasteiger partial charge in [0.25, 0.3) is 5.91 Å². The van der Waals surface area contributed by atoms with Crippen molar-refractivity contribution in [1.29, 1.82) is 10.5 Å². The Labute approximate surface area is 140 Å². The van der Waals surface area contributed by atoms with Gasteiger partial charge < -0.3 is 4.90 Å². The summed E-state index contributed by atoms with van der Waals surface area (Å²) in [6, 6.07) is 18.8. The van der Waals surface area contributed by atoms with E-state index in [9.17, 15) is 10.1 Å². The van der Waals surface area contributed by atoms with Crippen molar-refractivity contribution < 1.29 is 4.79 Å². The zero-order chi connectivity index (χ0) is 16.7. The molecule has 0 aliphatic carbocycles. The van der Waals surface area contributed by atoms with Crippen LogP contribution >= 0.6 is 11.8 Å². The molecule has 0 heterocycles. The molecule has 5 heteroatoms. The minimum Gasteiger partial charge on any atom is -0.341 e. The van der Waals surface area contributed by atoms with Gasteiger partial charge in [0.2, 0.25) is 0 Å². The third-order valence-corrected chi connectivity index (χ3v) is 4.40. The average molecular weight is 321 g/mol. The van der Waals surface area contributed by atoms with E-state index in [1.807, 2.05) is 42.5 Å². The Morgan fingerprint density at radius 3 is 2.43 bits per heavy atom. The van der Waals surface area contributed by atoms with Crippen LogP contribution in [-0.4, -0.2) is 24.4 Å². The lowest BCUT2D eigenvalue weighted by Crippen LogP contribution is -2.27. The predicted molar refractivity (Wildman–Crippen MR) is 88.9 cm³/mol. The lowest BCUT2D eigenvalue weighted by Gasteiger charge is -2.17. The van der Waals surface area contributed by atoms with Crippen molar-refractivity contribution in [2.75, 3.05) is 13.6 Å². The molecular formula is C18H15N3OS. The third kappa shape index (κ3) is 4.12. The summed E-state index contributed by atoms with van der Waals surface area (Å²) in [6.07, 6.45) is 0.300. The van der Waals surface area contributed by atoms with Crippen molar-refractivity contribution in [3.05, 3.63) is 59.7 Å². The topological polar surface area (TPSA) is 67.9 Å². The van der Waals surface area contributed by atoms with Gasteiger partial charge in [-0.2, -0.15) is 10.5 Å². The Hall–Kier alpha value is -2.76. The number of rotatable bonds is 5. The molecule has 0 bridgehead atoms. The second-order valence-corrected chi connectivity index (χ2v) is 5.92. The summed E-state index contributed by atoms with van der Waals surface area (Å²) in [6.45, 7) is 0.392. The largest absolute Gasteiger partial charge is 0.341 e. The van der Waals surface area contributed by atoms with Gasteiger partial charge in [0.1, 0.15) is 6.07 Å². The van der Waals surface area contributed by atoms with Gasteiger partial charge >= 0.3 is 0 Å². The standard InChI is InChI=1S/C18H15N3OS/c1-21(12-6-11-19)18(22)15-8-3-5-10-17(15)23-16-9-4-2-7-14(16)13-20/h2-5,7-10H,6,12H2,1H3. The molecule has 2 rings (SSSR count). The Balaban J connectivity index is 2.30. The Bertz CT molecular complexity index is 789. The van der Waals surface area contributed by atoms with Crippen LogP contribution in [0.1, 0.15) is 22.3 Å². The van der Waals surface area contributed by atoms with Crippen LogP contribution in [0.2, 0.25) is 0 Å². The highest BCUT2D eigenvalue weighted by molar-refractivity contribution is 7.99. The molecule has 1 amide bonds. The molecule has 0 atom stereocenters. The second-order valence-electron chi connectivity index (χ2n) is 4.84. The fraction of sp³-hybridized carbons (Fsp3) is 0.167. The molecule has 2 aromatic carbocycles. The Morgan fingerprint density at radius 1 is 1.09 bits per heavy atom. The van der Waals surface area contributed by atoms with E-state index in [0.717, 1.165) is 9.79 Å². The fourth-order valence-corrected chi connectivity index (χ4v) is 3.04. The highest BCUT2D eigenvalue weighted by Gasteiger charge is 2.16. The van der Waals surface area contributed by atoms with Crippen molar-refractivity contribution in [3.8, 4) is 12.1 Å². The highest BCUT2D eigenvalue weighted by Crippen LogP contribution is 2.32. The van der Waals surface area contributed by atoms with E-state index in [-0.39, 0.29) is 5.91 Å². The third-order valence-electron chi connectivity index (χ3n) is 3.25. The molecule has 0 saturated heterocycles. The number of nitrogens with zero attached hydrogens (tertiary/aromatic N) is 3. The minimum atomic E-state index is -0.127. The number of carbonyl (C=O) groups is 1. The van der Waals surface area contributed by atoms with Gasteiger partial charge in [-0.15, -0.1) is 0 Å². The van der Waals surface area contributed by atoms with Crippen LogP contribution in [0.4, 0.5) is 0 Å². The molecular weight excluding hydrogens is 306 g/mol. The van der Waals surface area contributed by atoms with Crippen molar-refractivity contribution >= 4 is 17.7 Å². The van der Waals surface area contributed by atoms with E-state index >= 15 is 0 Å². The molecule has 0 fully saturated rings. The quantitative estimate of drug-likeness (QED) is 0.842. The summed E-state index contributed by atoms with van der Waals surface area (Å²) in [7, 11) is 1.68. The van der Waals surface area contributed by atoms with Crippen molar-refractivity contribution in [2.24, 2.45) is 0 Å². The zero-order valence-corrected chi connectivity index (χ0v) is 13.5. The number of carbonyl (C=O) groups excluding carboxylic acids is 1. The van der Waals surface area contributed by atoms with Gasteiger partial charge in [-0.05, 0) is 24.3 Å². The van der Waals surface area contributed by atoms with Gasteiger partial charge in [0, 0.05) is 23.4 Å². The Kier molecular flexibility index (Phi) is 5.80. The lowest BCUT2D eigenvalue weighted by molar-refractivity contribution is 0.0794. The van der Waals surface area contributed by atoms with Crippen LogP contribution in [0.25, 0.3) is 0 Å². The smallest absolute Gasteiger partial charge is 0.254 e. The van der Waals surface area contributed by atoms with Gasteiger partial charge in [0.05, 0.1) is 23.6 Å². The van der Waals surface area contributed by atoms with Gasteiger partial charge in [-0.3, -0.25) is 4.79 Å². The number of benzene rings is 2. The van der Waals surface area contributed by atoms with Crippen molar-refractivity contribution in [3.63, 3.8) is 0 Å². The SMILES string of the molecule is CN(CCC#N)C(=O)c1ccccc1Sc1ccccc1C#N. The fourth-order valence-electron chi connectivity index (χ4n) is 2.02. The van der Waals surface area contributed by atoms with Crippen LogP contribution in [0.5, 0.6) is 0 Å². The monoisotopic (exact) mass is 321 g/mol. The van der Waals surface area contributed by atoms with Crippen molar-refractivity contribution in [2.45, 2.75) is 16.2 Å². The summed E-state index contributed by atoms with van der Waals surface area (Å²) in [5.74, 6) is -0.127. The van der Waals surface area contributed by atoms with E-state index in [4.69, 9.17) is 5.26 Å². The summed E-state index contributed by atoms with van der Waals surface area (Å²) in [5, 5.41) is 17.8. The van der Waals surface area contributed by atoms with Gasteiger partial charge in [-0.25, -0.2) is 0 Å². The molecule has 0 spiro atoms. The molecule has 4 nitrogen and oxygen atoms in total. The zero-order valence-electron chi connectivity index (χ0n) is 12.7. The first-order chi connectivity index (χ1) is 11.2. The predicted octanol–water partition coefficient (Wildman–Crippen LogP) is 3.70. The number of amides is 1. The van der Waals surface area contributed by atoms with E-state index in [2.05, 4.69) is 6.07 Å². The van der Waals surface area contributed by atoms with Crippen LogP contribution in [-0.2, 0) is 0 Å². The maximum Gasteiger partial charge on any atom is 0.254 e. The van der Waals surface area contributed by atoms with Gasteiger partial charge in [-0.1, -0.05) is 36.0 Å². The molecule has 0 aliphatic heterocycles. The average Bonchev–Trinajstić information content (AvgIpc) is 2.60. The van der Waals surface area contributed by atoms with Crippen LogP contribution in [0.3, 0.4) is 0 Å². The molecule has 0 saturated carbocycles. The van der Waals surface area contributed by atoms with E-state index in [0.29, 0.717) is 24.1 Å². The van der Waals surface area contributed by atoms with Gasteiger partial charge in [0.15, 0.2) is 0 Å². The minimum absolute atomic E-state index is 0.127. The first-order valence-electron chi connectivity index (χ1n) is 7.05. The maximum atomic E-state index is 12.6. The second kappa shape index (κ2) is 8.03. The number of hydrogen-bond acceptors (Lipinski definition) is 4. The highest BCUT2D eigenvalue weighted by atomic mass is 32.2. The number of hydrogen-bond donors (Lipinski definition) is 0. The summed E-state index contributed by atoms with van der Waals surface area (Å²) in [4.78, 5) is 15.7. The first kappa shape index (κ1) is 16.6. The molecule has 0 N–H and O–H groups in total. The van der Waals surface area contributed by atoms with E-state index < -0.39 is 0 Å². The summed E-state index contributed by atoms with van der Waals surface area (Å²) < 4.78 is 0. The molecule has 0 aliphatic rings. The lowest BCUT2D eigenvalue weighted by atomic mass is 10.2. The summed E-state index contributed by atoms with van der Waals surface area (Å²) in [5.41, 5.74) is 1.16. The van der Waals surface area contributed by atoms with Crippen LogP contribution < -0.4 is 0 Å². The van der Waals surface area contributed by atoms with E-state index in [1.165, 1.54) is 11.8 Å². The Morgan fingerprint density at radius 2 is 1.74 bits per heavy atom. The first-order valence-corrected chi connectivity index (χ1v) is 7.87. The maximum absolute atomic E-state index is 12.6. The molecule has 2 aromatic rings. The molecule has 23 heavy (non-hydrogen) atoms. The number of nitriles is 2. The summed E-state index contributed by atoms with van der Waals surface area (Å²) >= 11 is 1.40.